The summed E-state index contributed by atoms with van der Waals surface area (Å²) >= 11 is 0. The van der Waals surface area contributed by atoms with Crippen LogP contribution in [-0.2, 0) is 13.6 Å². The minimum Gasteiger partial charge on any atom is -0.399 e. The average Bonchev–Trinajstić information content (AvgIpc) is 2.96. The van der Waals surface area contributed by atoms with Crippen LogP contribution in [0.15, 0.2) is 47.3 Å². The number of nitrogen functional groups attached to an aromatic ring is 1. The molecule has 1 fully saturated rings. The Bertz CT molecular complexity index is 1030. The van der Waals surface area contributed by atoms with Crippen molar-refractivity contribution >= 4 is 22.4 Å². The quantitative estimate of drug-likeness (QED) is 0.513. The molecule has 1 saturated heterocycles. The van der Waals surface area contributed by atoms with Crippen molar-refractivity contribution < 1.29 is 4.39 Å². The van der Waals surface area contributed by atoms with E-state index in [2.05, 4.69) is 9.80 Å². The number of nitrogens with two attached hydrogens (primary N) is 1. The number of rotatable bonds is 6. The number of imidazole rings is 1. The van der Waals surface area contributed by atoms with Crippen LogP contribution in [0.1, 0.15) is 12.8 Å². The second-order valence-corrected chi connectivity index (χ2v) is 7.75. The van der Waals surface area contributed by atoms with E-state index in [-0.39, 0.29) is 11.5 Å². The summed E-state index contributed by atoms with van der Waals surface area (Å²) in [5, 5.41) is 0. The van der Waals surface area contributed by atoms with Crippen LogP contribution in [-0.4, -0.2) is 46.8 Å². The predicted octanol–water partition coefficient (Wildman–Crippen LogP) is 2.66. The molecule has 1 aliphatic heterocycles. The largest absolute Gasteiger partial charge is 0.399 e. The topological polar surface area (TPSA) is 59.4 Å². The first kappa shape index (κ1) is 19.5. The summed E-state index contributed by atoms with van der Waals surface area (Å²) in [4.78, 5) is 17.3. The number of hydrogen-bond acceptors (Lipinski definition) is 4. The molecule has 2 aromatic carbocycles. The van der Waals surface area contributed by atoms with Crippen LogP contribution >= 0.6 is 0 Å². The van der Waals surface area contributed by atoms with Gasteiger partial charge in [0.2, 0.25) is 0 Å². The summed E-state index contributed by atoms with van der Waals surface area (Å²) in [5.41, 5.74) is 9.51. The first-order valence-corrected chi connectivity index (χ1v) is 10.2. The Morgan fingerprint density at radius 1 is 0.931 bits per heavy atom. The minimum atomic E-state index is -0.194. The van der Waals surface area contributed by atoms with Gasteiger partial charge in [-0.15, -0.1) is 0 Å². The zero-order chi connectivity index (χ0) is 20.4. The molecule has 3 aromatic rings. The van der Waals surface area contributed by atoms with E-state index in [1.807, 2.05) is 34.9 Å². The number of benzene rings is 2. The molecule has 2 heterocycles. The second kappa shape index (κ2) is 8.29. The zero-order valence-electron chi connectivity index (χ0n) is 16.9. The van der Waals surface area contributed by atoms with Gasteiger partial charge >= 0.3 is 5.69 Å². The molecule has 1 aromatic heterocycles. The third-order valence-electron chi connectivity index (χ3n) is 5.84. The average molecular weight is 397 g/mol. The lowest BCUT2D eigenvalue weighted by Crippen LogP contribution is -2.46. The van der Waals surface area contributed by atoms with Gasteiger partial charge in [0.1, 0.15) is 5.82 Å². The van der Waals surface area contributed by atoms with Crippen LogP contribution in [0.25, 0.3) is 11.0 Å². The van der Waals surface area contributed by atoms with E-state index in [9.17, 15) is 9.18 Å². The molecule has 0 aliphatic carbocycles. The molecule has 0 bridgehead atoms. The number of nitrogens with zero attached hydrogens (tertiary/aromatic N) is 4. The lowest BCUT2D eigenvalue weighted by atomic mass is 10.2. The molecule has 29 heavy (non-hydrogen) atoms. The number of fused-ring (bicyclic) bond motifs is 1. The SMILES string of the molecule is Cn1c(=O)n(CCCCN2CCN(c3ccc(F)cc3)CC2)c2cc(N)ccc21. The van der Waals surface area contributed by atoms with Gasteiger partial charge in [0.15, 0.2) is 0 Å². The van der Waals surface area contributed by atoms with Crippen molar-refractivity contribution in [2.45, 2.75) is 19.4 Å². The van der Waals surface area contributed by atoms with Crippen LogP contribution in [0.4, 0.5) is 15.8 Å². The second-order valence-electron chi connectivity index (χ2n) is 7.75. The highest BCUT2D eigenvalue weighted by molar-refractivity contribution is 5.79. The van der Waals surface area contributed by atoms with Gasteiger partial charge in [-0.05, 0) is 61.9 Å². The molecule has 0 saturated carbocycles. The summed E-state index contributed by atoms with van der Waals surface area (Å²) in [6.07, 6.45) is 1.99. The van der Waals surface area contributed by atoms with E-state index in [0.29, 0.717) is 12.2 Å². The van der Waals surface area contributed by atoms with E-state index < -0.39 is 0 Å². The Morgan fingerprint density at radius 2 is 1.62 bits per heavy atom. The van der Waals surface area contributed by atoms with Gasteiger partial charge in [0.25, 0.3) is 0 Å². The maximum absolute atomic E-state index is 13.1. The molecule has 0 amide bonds. The molecule has 2 N–H and O–H groups in total. The van der Waals surface area contributed by atoms with Crippen LogP contribution < -0.4 is 16.3 Å². The minimum absolute atomic E-state index is 0.0125. The highest BCUT2D eigenvalue weighted by Gasteiger charge is 2.17. The van der Waals surface area contributed by atoms with E-state index in [1.165, 1.54) is 12.1 Å². The highest BCUT2D eigenvalue weighted by Crippen LogP contribution is 2.18. The first-order valence-electron chi connectivity index (χ1n) is 10.2. The Labute approximate surface area is 169 Å². The van der Waals surface area contributed by atoms with Crippen molar-refractivity contribution in [3.05, 3.63) is 58.8 Å². The summed E-state index contributed by atoms with van der Waals surface area (Å²) in [5.74, 6) is -0.194. The number of halogens is 1. The van der Waals surface area contributed by atoms with Crippen LogP contribution in [0.2, 0.25) is 0 Å². The number of aromatic nitrogens is 2. The van der Waals surface area contributed by atoms with Gasteiger partial charge in [-0.1, -0.05) is 0 Å². The monoisotopic (exact) mass is 397 g/mol. The van der Waals surface area contributed by atoms with Gasteiger partial charge in [-0.3, -0.25) is 14.0 Å². The van der Waals surface area contributed by atoms with Crippen LogP contribution in [0.5, 0.6) is 0 Å². The molecular weight excluding hydrogens is 369 g/mol. The van der Waals surface area contributed by atoms with Crippen molar-refractivity contribution in [1.82, 2.24) is 14.0 Å². The molecule has 0 radical (unpaired) electrons. The summed E-state index contributed by atoms with van der Waals surface area (Å²) in [6.45, 7) is 5.64. The van der Waals surface area contributed by atoms with E-state index >= 15 is 0 Å². The highest BCUT2D eigenvalue weighted by atomic mass is 19.1. The molecule has 7 heteroatoms. The molecule has 1 aliphatic rings. The maximum atomic E-state index is 13.1. The zero-order valence-corrected chi connectivity index (χ0v) is 16.9. The number of anilines is 2. The van der Waals surface area contributed by atoms with Gasteiger partial charge < -0.3 is 10.6 Å². The molecule has 154 valence electrons. The summed E-state index contributed by atoms with van der Waals surface area (Å²) < 4.78 is 16.6. The van der Waals surface area contributed by atoms with Gasteiger partial charge in [0, 0.05) is 51.1 Å². The van der Waals surface area contributed by atoms with E-state index in [1.54, 1.807) is 11.6 Å². The molecule has 0 atom stereocenters. The van der Waals surface area contributed by atoms with Crippen molar-refractivity contribution in [2.24, 2.45) is 7.05 Å². The lowest BCUT2D eigenvalue weighted by molar-refractivity contribution is 0.251. The third kappa shape index (κ3) is 4.15. The number of hydrogen-bond donors (Lipinski definition) is 1. The predicted molar refractivity (Wildman–Crippen MR) is 116 cm³/mol. The Balaban J connectivity index is 1.27. The van der Waals surface area contributed by atoms with E-state index in [4.69, 9.17) is 5.73 Å². The first-order chi connectivity index (χ1) is 14.0. The summed E-state index contributed by atoms with van der Waals surface area (Å²) in [6, 6.07) is 12.3. The Hall–Kier alpha value is -2.80. The van der Waals surface area contributed by atoms with Crippen molar-refractivity contribution in [3.63, 3.8) is 0 Å². The molecular formula is C22H28FN5O. The Morgan fingerprint density at radius 3 is 2.34 bits per heavy atom. The third-order valence-corrected chi connectivity index (χ3v) is 5.84. The Kier molecular flexibility index (Phi) is 5.58. The molecule has 0 unspecified atom stereocenters. The normalized spacial score (nSPS) is 15.3. The fourth-order valence-electron chi connectivity index (χ4n) is 4.13. The van der Waals surface area contributed by atoms with Crippen LogP contribution in [0, 0.1) is 5.82 Å². The van der Waals surface area contributed by atoms with Crippen LogP contribution in [0.3, 0.4) is 0 Å². The molecule has 4 rings (SSSR count). The van der Waals surface area contributed by atoms with E-state index in [0.717, 1.165) is 62.3 Å². The molecule has 6 nitrogen and oxygen atoms in total. The van der Waals surface area contributed by atoms with Gasteiger partial charge in [-0.25, -0.2) is 9.18 Å². The maximum Gasteiger partial charge on any atom is 0.328 e. The van der Waals surface area contributed by atoms with Crippen molar-refractivity contribution in [2.75, 3.05) is 43.4 Å². The molecule has 0 spiro atoms. The standard InChI is InChI=1S/C22H28FN5O/c1-25-20-9-6-18(24)16-21(20)28(22(25)29)11-3-2-10-26-12-14-27(15-13-26)19-7-4-17(23)5-8-19/h4-9,16H,2-3,10-15,24H2,1H3. The van der Waals surface area contributed by atoms with Gasteiger partial charge in [-0.2, -0.15) is 0 Å². The van der Waals surface area contributed by atoms with Gasteiger partial charge in [0.05, 0.1) is 11.0 Å². The lowest BCUT2D eigenvalue weighted by Gasteiger charge is -2.36. The van der Waals surface area contributed by atoms with Crippen molar-refractivity contribution in [3.8, 4) is 0 Å². The van der Waals surface area contributed by atoms with Crippen molar-refractivity contribution in [1.29, 1.82) is 0 Å². The fraction of sp³-hybridized carbons (Fsp3) is 0.409. The fourth-order valence-corrected chi connectivity index (χ4v) is 4.13. The summed E-state index contributed by atoms with van der Waals surface area (Å²) in [7, 11) is 1.80. The number of aryl methyl sites for hydroxylation is 2. The number of piperazine rings is 1. The smallest absolute Gasteiger partial charge is 0.328 e. The number of unbranched alkanes of at least 4 members (excludes halogenated alkanes) is 1.